The van der Waals surface area contributed by atoms with Crippen LogP contribution in [0.15, 0.2) is 12.1 Å². The van der Waals surface area contributed by atoms with Gasteiger partial charge in [0.25, 0.3) is 0 Å². The molecule has 0 aliphatic carbocycles. The second-order valence-corrected chi connectivity index (χ2v) is 5.31. The van der Waals surface area contributed by atoms with Crippen LogP contribution < -0.4 is 11.1 Å². The maximum Gasteiger partial charge on any atom is 0.340 e. The number of nitrogens with two attached hydrogens (primary N) is 1. The van der Waals surface area contributed by atoms with E-state index in [0.717, 1.165) is 6.42 Å². The van der Waals surface area contributed by atoms with Crippen LogP contribution in [0.5, 0.6) is 0 Å². The van der Waals surface area contributed by atoms with Crippen molar-refractivity contribution in [1.29, 1.82) is 0 Å². The molecule has 1 fully saturated rings. The summed E-state index contributed by atoms with van der Waals surface area (Å²) in [4.78, 5) is 11.8. The monoisotopic (exact) mass is 284 g/mol. The minimum Gasteiger partial charge on any atom is -0.465 e. The molecule has 1 aliphatic heterocycles. The Balaban J connectivity index is 2.40. The second kappa shape index (κ2) is 5.27. The highest BCUT2D eigenvalue weighted by atomic mass is 35.5. The lowest BCUT2D eigenvalue weighted by Crippen LogP contribution is -2.35. The summed E-state index contributed by atoms with van der Waals surface area (Å²) in [6.45, 7) is 3.27. The lowest BCUT2D eigenvalue weighted by Gasteiger charge is -2.27. The standard InChI is InChI=1S/C13H17ClN2O3/c1-13(3-4-19-7-13)16-11-9(12(17)18-2)5-8(15)6-10(11)14/h5-6,16H,3-4,7,15H2,1-2H3. The largest absolute Gasteiger partial charge is 0.465 e. The van der Waals surface area contributed by atoms with Crippen LogP contribution in [0.2, 0.25) is 5.02 Å². The fourth-order valence-corrected chi connectivity index (χ4v) is 2.37. The highest BCUT2D eigenvalue weighted by molar-refractivity contribution is 6.34. The number of benzene rings is 1. The number of esters is 1. The van der Waals surface area contributed by atoms with Gasteiger partial charge in [0.05, 0.1) is 35.5 Å². The Morgan fingerprint density at radius 3 is 2.89 bits per heavy atom. The number of anilines is 2. The Labute approximate surface area is 117 Å². The van der Waals surface area contributed by atoms with Crippen LogP contribution in [0.3, 0.4) is 0 Å². The first-order valence-corrected chi connectivity index (χ1v) is 6.36. The molecule has 1 unspecified atom stereocenters. The van der Waals surface area contributed by atoms with Crippen molar-refractivity contribution < 1.29 is 14.3 Å². The Kier molecular flexibility index (Phi) is 3.87. The predicted molar refractivity (Wildman–Crippen MR) is 74.7 cm³/mol. The zero-order valence-electron chi connectivity index (χ0n) is 11.0. The quantitative estimate of drug-likeness (QED) is 0.658. The SMILES string of the molecule is COC(=O)c1cc(N)cc(Cl)c1NC1(C)CCOC1. The summed E-state index contributed by atoms with van der Waals surface area (Å²) in [6.07, 6.45) is 0.842. The molecular formula is C13H17ClN2O3. The van der Waals surface area contributed by atoms with E-state index >= 15 is 0 Å². The van der Waals surface area contributed by atoms with E-state index < -0.39 is 5.97 Å². The van der Waals surface area contributed by atoms with E-state index in [1.807, 2.05) is 6.92 Å². The summed E-state index contributed by atoms with van der Waals surface area (Å²) < 4.78 is 10.1. The number of carbonyl (C=O) groups excluding carboxylic acids is 1. The molecule has 2 rings (SSSR count). The van der Waals surface area contributed by atoms with Gasteiger partial charge in [-0.05, 0) is 25.5 Å². The molecule has 5 nitrogen and oxygen atoms in total. The molecule has 1 aliphatic rings. The van der Waals surface area contributed by atoms with Gasteiger partial charge in [-0.3, -0.25) is 0 Å². The third kappa shape index (κ3) is 2.93. The zero-order valence-corrected chi connectivity index (χ0v) is 11.7. The van der Waals surface area contributed by atoms with E-state index in [1.54, 1.807) is 12.1 Å². The second-order valence-electron chi connectivity index (χ2n) is 4.91. The van der Waals surface area contributed by atoms with Gasteiger partial charge in [-0.1, -0.05) is 11.6 Å². The summed E-state index contributed by atoms with van der Waals surface area (Å²) >= 11 is 6.19. The van der Waals surface area contributed by atoms with Crippen molar-refractivity contribution in [3.05, 3.63) is 22.7 Å². The first kappa shape index (κ1) is 14.0. The number of methoxy groups -OCH3 is 1. The Bertz CT molecular complexity index is 499. The average molecular weight is 285 g/mol. The molecule has 19 heavy (non-hydrogen) atoms. The zero-order chi connectivity index (χ0) is 14.0. The molecule has 0 radical (unpaired) electrons. The van der Waals surface area contributed by atoms with Gasteiger partial charge in [0, 0.05) is 12.3 Å². The van der Waals surface area contributed by atoms with Crippen molar-refractivity contribution in [1.82, 2.24) is 0 Å². The highest BCUT2D eigenvalue weighted by Gasteiger charge is 2.31. The fourth-order valence-electron chi connectivity index (χ4n) is 2.09. The molecule has 0 aromatic heterocycles. The summed E-state index contributed by atoms with van der Waals surface area (Å²) in [7, 11) is 1.32. The van der Waals surface area contributed by atoms with Crippen LogP contribution >= 0.6 is 11.6 Å². The Morgan fingerprint density at radius 2 is 2.32 bits per heavy atom. The number of nitrogen functional groups attached to an aromatic ring is 1. The van der Waals surface area contributed by atoms with Crippen molar-refractivity contribution in [2.24, 2.45) is 0 Å². The van der Waals surface area contributed by atoms with Crippen LogP contribution in [0.1, 0.15) is 23.7 Å². The van der Waals surface area contributed by atoms with Gasteiger partial charge in [-0.25, -0.2) is 4.79 Å². The number of hydrogen-bond acceptors (Lipinski definition) is 5. The predicted octanol–water partition coefficient (Wildman–Crippen LogP) is 2.30. The van der Waals surface area contributed by atoms with E-state index in [0.29, 0.717) is 35.2 Å². The maximum atomic E-state index is 11.8. The molecular weight excluding hydrogens is 268 g/mol. The number of hydrogen-bond donors (Lipinski definition) is 2. The molecule has 1 aromatic carbocycles. The van der Waals surface area contributed by atoms with Gasteiger partial charge < -0.3 is 20.5 Å². The smallest absolute Gasteiger partial charge is 0.340 e. The summed E-state index contributed by atoms with van der Waals surface area (Å²) in [5.41, 5.74) is 6.76. The number of halogens is 1. The van der Waals surface area contributed by atoms with E-state index in [-0.39, 0.29) is 5.54 Å². The summed E-state index contributed by atoms with van der Waals surface area (Å²) in [6, 6.07) is 3.16. The molecule has 0 amide bonds. The van der Waals surface area contributed by atoms with Gasteiger partial charge in [-0.2, -0.15) is 0 Å². The molecule has 0 bridgehead atoms. The van der Waals surface area contributed by atoms with E-state index in [2.05, 4.69) is 5.32 Å². The number of rotatable bonds is 3. The van der Waals surface area contributed by atoms with Crippen LogP contribution in [-0.2, 0) is 9.47 Å². The van der Waals surface area contributed by atoms with Crippen molar-refractivity contribution in [2.75, 3.05) is 31.4 Å². The molecule has 1 aromatic rings. The minimum absolute atomic E-state index is 0.247. The number of carbonyl (C=O) groups is 1. The Morgan fingerprint density at radius 1 is 1.58 bits per heavy atom. The van der Waals surface area contributed by atoms with Crippen molar-refractivity contribution in [3.63, 3.8) is 0 Å². The lowest BCUT2D eigenvalue weighted by molar-refractivity contribution is 0.0601. The first-order valence-electron chi connectivity index (χ1n) is 5.98. The third-order valence-corrected chi connectivity index (χ3v) is 3.46. The first-order chi connectivity index (χ1) is 8.95. The van der Waals surface area contributed by atoms with E-state index in [1.165, 1.54) is 7.11 Å². The Hall–Kier alpha value is -1.46. The van der Waals surface area contributed by atoms with E-state index in [9.17, 15) is 4.79 Å². The van der Waals surface area contributed by atoms with Crippen molar-refractivity contribution in [2.45, 2.75) is 18.9 Å². The van der Waals surface area contributed by atoms with Crippen molar-refractivity contribution >= 4 is 28.9 Å². The molecule has 3 N–H and O–H groups in total. The van der Waals surface area contributed by atoms with Crippen LogP contribution in [0.25, 0.3) is 0 Å². The van der Waals surface area contributed by atoms with Gasteiger partial charge in [0.15, 0.2) is 0 Å². The fraction of sp³-hybridized carbons (Fsp3) is 0.462. The molecule has 1 atom stereocenters. The van der Waals surface area contributed by atoms with Gasteiger partial charge in [0.2, 0.25) is 0 Å². The van der Waals surface area contributed by atoms with Gasteiger partial charge >= 0.3 is 5.97 Å². The van der Waals surface area contributed by atoms with Crippen LogP contribution in [0.4, 0.5) is 11.4 Å². The van der Waals surface area contributed by atoms with Crippen LogP contribution in [-0.4, -0.2) is 31.8 Å². The lowest BCUT2D eigenvalue weighted by atomic mass is 10.00. The summed E-state index contributed by atoms with van der Waals surface area (Å²) in [5.74, 6) is -0.473. The molecule has 1 saturated heterocycles. The normalized spacial score (nSPS) is 22.3. The average Bonchev–Trinajstić information content (AvgIpc) is 2.78. The molecule has 6 heteroatoms. The molecule has 104 valence electrons. The molecule has 1 heterocycles. The van der Waals surface area contributed by atoms with Crippen molar-refractivity contribution in [3.8, 4) is 0 Å². The van der Waals surface area contributed by atoms with E-state index in [4.69, 9.17) is 26.8 Å². The third-order valence-electron chi connectivity index (χ3n) is 3.16. The maximum absolute atomic E-state index is 11.8. The summed E-state index contributed by atoms with van der Waals surface area (Å²) in [5, 5.41) is 3.68. The van der Waals surface area contributed by atoms with Gasteiger partial charge in [-0.15, -0.1) is 0 Å². The van der Waals surface area contributed by atoms with Crippen LogP contribution in [0, 0.1) is 0 Å². The topological polar surface area (TPSA) is 73.6 Å². The molecule has 0 saturated carbocycles. The minimum atomic E-state index is -0.473. The highest BCUT2D eigenvalue weighted by Crippen LogP contribution is 2.34. The molecule has 0 spiro atoms. The van der Waals surface area contributed by atoms with Gasteiger partial charge in [0.1, 0.15) is 0 Å². The number of ether oxygens (including phenoxy) is 2. The number of nitrogens with one attached hydrogen (secondary N) is 1.